The summed E-state index contributed by atoms with van der Waals surface area (Å²) < 4.78 is 0. The predicted molar refractivity (Wildman–Crippen MR) is 196 cm³/mol. The van der Waals surface area contributed by atoms with Gasteiger partial charge < -0.3 is 4.90 Å². The summed E-state index contributed by atoms with van der Waals surface area (Å²) in [6, 6.07) is 59.9. The molecule has 0 spiro atoms. The molecule has 222 valence electrons. The minimum Gasteiger partial charge on any atom is -0.310 e. The Morgan fingerprint density at radius 3 is 1.76 bits per heavy atom. The molecule has 1 aliphatic carbocycles. The van der Waals surface area contributed by atoms with Crippen LogP contribution in [0.25, 0.3) is 44.2 Å². The number of rotatable bonds is 6. The molecule has 8 rings (SSSR count). The number of nitrogens with zero attached hydrogens (tertiary/aromatic N) is 1. The van der Waals surface area contributed by atoms with E-state index in [0.717, 1.165) is 23.5 Å². The number of benzene rings is 7. The highest BCUT2D eigenvalue weighted by molar-refractivity contribution is 5.92. The lowest BCUT2D eigenvalue weighted by atomic mass is 9.73. The number of hydrogen-bond acceptors (Lipinski definition) is 1. The zero-order chi connectivity index (χ0) is 31.0. The zero-order valence-corrected chi connectivity index (χ0v) is 26.4. The van der Waals surface area contributed by atoms with Gasteiger partial charge in [0.05, 0.1) is 0 Å². The lowest BCUT2D eigenvalue weighted by Gasteiger charge is -2.31. The summed E-state index contributed by atoms with van der Waals surface area (Å²) in [7, 11) is 0. The molecule has 0 aliphatic heterocycles. The molecule has 0 N–H and O–H groups in total. The summed E-state index contributed by atoms with van der Waals surface area (Å²) >= 11 is 0. The van der Waals surface area contributed by atoms with Gasteiger partial charge in [0.1, 0.15) is 0 Å². The van der Waals surface area contributed by atoms with Crippen LogP contribution in [-0.4, -0.2) is 0 Å². The Balaban J connectivity index is 1.19. The van der Waals surface area contributed by atoms with E-state index in [-0.39, 0.29) is 0 Å². The van der Waals surface area contributed by atoms with Crippen LogP contribution in [0.4, 0.5) is 17.1 Å². The van der Waals surface area contributed by atoms with Crippen molar-refractivity contribution in [2.24, 2.45) is 5.92 Å². The van der Waals surface area contributed by atoms with Gasteiger partial charge in [0.25, 0.3) is 0 Å². The Hall–Kier alpha value is -5.40. The normalized spacial score (nSPS) is 13.8. The van der Waals surface area contributed by atoms with Crippen LogP contribution in [0.15, 0.2) is 164 Å². The van der Waals surface area contributed by atoms with Gasteiger partial charge in [-0.2, -0.15) is 0 Å². The number of fused-ring (bicyclic) bond motifs is 4. The molecular weight excluding hydrogens is 555 g/mol. The van der Waals surface area contributed by atoms with Crippen molar-refractivity contribution in [3.8, 4) is 33.4 Å². The van der Waals surface area contributed by atoms with Gasteiger partial charge in [-0.25, -0.2) is 0 Å². The largest absolute Gasteiger partial charge is 0.310 e. The maximum atomic E-state index is 2.44. The summed E-state index contributed by atoms with van der Waals surface area (Å²) in [6.07, 6.45) is 1.10. The van der Waals surface area contributed by atoms with Gasteiger partial charge in [-0.05, 0) is 122 Å². The quantitative estimate of drug-likeness (QED) is 0.186. The minimum absolute atomic E-state index is 0.520. The standard InChI is InChI=1S/C45H37N/c1-31(2)43-30-38-26-34-14-9-10-15-36(34)28-44(38)45-29-37(22-25-42(43)45)33-20-23-40(24-21-33)46(39-17-7-4-8-18-39)41-19-11-16-35(27-41)32-12-5-3-6-13-32/h3-29,31,43H,30H2,1-2H3. The molecule has 1 aliphatic rings. The van der Waals surface area contributed by atoms with Gasteiger partial charge in [-0.15, -0.1) is 0 Å². The van der Waals surface area contributed by atoms with Crippen molar-refractivity contribution in [3.63, 3.8) is 0 Å². The lowest BCUT2D eigenvalue weighted by Crippen LogP contribution is -2.16. The Morgan fingerprint density at radius 1 is 0.457 bits per heavy atom. The first kappa shape index (κ1) is 28.1. The van der Waals surface area contributed by atoms with Crippen molar-refractivity contribution >= 4 is 27.8 Å². The average Bonchev–Trinajstić information content (AvgIpc) is 3.11. The third kappa shape index (κ3) is 5.18. The van der Waals surface area contributed by atoms with Crippen molar-refractivity contribution in [1.82, 2.24) is 0 Å². The van der Waals surface area contributed by atoms with E-state index in [1.165, 1.54) is 55.3 Å². The summed E-state index contributed by atoms with van der Waals surface area (Å²) in [4.78, 5) is 2.34. The average molecular weight is 592 g/mol. The van der Waals surface area contributed by atoms with Crippen molar-refractivity contribution < 1.29 is 0 Å². The van der Waals surface area contributed by atoms with Crippen LogP contribution in [0.1, 0.15) is 30.9 Å². The summed E-state index contributed by atoms with van der Waals surface area (Å²) in [6.45, 7) is 4.72. The van der Waals surface area contributed by atoms with Crippen LogP contribution in [0.2, 0.25) is 0 Å². The van der Waals surface area contributed by atoms with Crippen molar-refractivity contribution in [2.75, 3.05) is 4.90 Å². The van der Waals surface area contributed by atoms with Gasteiger partial charge in [0, 0.05) is 17.1 Å². The monoisotopic (exact) mass is 591 g/mol. The van der Waals surface area contributed by atoms with Crippen molar-refractivity contribution in [1.29, 1.82) is 0 Å². The molecule has 0 radical (unpaired) electrons. The molecule has 1 heteroatoms. The first-order valence-electron chi connectivity index (χ1n) is 16.4. The van der Waals surface area contributed by atoms with Crippen molar-refractivity contribution in [2.45, 2.75) is 26.2 Å². The topological polar surface area (TPSA) is 3.24 Å². The van der Waals surface area contributed by atoms with Crippen LogP contribution in [0, 0.1) is 5.92 Å². The second kappa shape index (κ2) is 11.8. The summed E-state index contributed by atoms with van der Waals surface area (Å²) in [5.41, 5.74) is 14.0. The molecule has 7 aromatic carbocycles. The SMILES string of the molecule is CC(C)C1Cc2cc3ccccc3cc2-c2cc(-c3ccc(N(c4ccccc4)c4cccc(-c5ccccc5)c4)cc3)ccc21. The van der Waals surface area contributed by atoms with E-state index in [1.807, 2.05) is 0 Å². The van der Waals surface area contributed by atoms with E-state index in [1.54, 1.807) is 0 Å². The molecule has 46 heavy (non-hydrogen) atoms. The second-order valence-corrected chi connectivity index (χ2v) is 12.8. The molecule has 0 saturated carbocycles. The molecule has 0 bridgehead atoms. The van der Waals surface area contributed by atoms with E-state index in [4.69, 9.17) is 0 Å². The van der Waals surface area contributed by atoms with Gasteiger partial charge in [-0.3, -0.25) is 0 Å². The molecule has 7 aromatic rings. The highest BCUT2D eigenvalue weighted by Gasteiger charge is 2.27. The van der Waals surface area contributed by atoms with Gasteiger partial charge in [-0.1, -0.05) is 129 Å². The number of para-hydroxylation sites is 1. The number of hydrogen-bond donors (Lipinski definition) is 0. The maximum Gasteiger partial charge on any atom is 0.0467 e. The third-order valence-electron chi connectivity index (χ3n) is 9.64. The molecule has 1 unspecified atom stereocenters. The molecule has 0 amide bonds. The summed E-state index contributed by atoms with van der Waals surface area (Å²) in [5, 5.41) is 2.64. The van der Waals surface area contributed by atoms with Crippen LogP contribution >= 0.6 is 0 Å². The van der Waals surface area contributed by atoms with Crippen LogP contribution in [0.3, 0.4) is 0 Å². The smallest absolute Gasteiger partial charge is 0.0467 e. The molecular formula is C45H37N. The van der Waals surface area contributed by atoms with E-state index in [0.29, 0.717) is 11.8 Å². The minimum atomic E-state index is 0.520. The lowest BCUT2D eigenvalue weighted by molar-refractivity contribution is 0.492. The van der Waals surface area contributed by atoms with Crippen LogP contribution in [-0.2, 0) is 6.42 Å². The van der Waals surface area contributed by atoms with Crippen LogP contribution < -0.4 is 4.90 Å². The van der Waals surface area contributed by atoms with E-state index in [9.17, 15) is 0 Å². The fraction of sp³-hybridized carbons (Fsp3) is 0.111. The highest BCUT2D eigenvalue weighted by Crippen LogP contribution is 2.46. The van der Waals surface area contributed by atoms with Gasteiger partial charge in [0.2, 0.25) is 0 Å². The maximum absolute atomic E-state index is 2.44. The molecule has 0 heterocycles. The zero-order valence-electron chi connectivity index (χ0n) is 26.4. The fourth-order valence-electron chi connectivity index (χ4n) is 7.22. The van der Waals surface area contributed by atoms with E-state index in [2.05, 4.69) is 183 Å². The third-order valence-corrected chi connectivity index (χ3v) is 9.64. The predicted octanol–water partition coefficient (Wildman–Crippen LogP) is 12.6. The molecule has 1 nitrogen and oxygen atoms in total. The number of anilines is 3. The van der Waals surface area contributed by atoms with E-state index < -0.39 is 0 Å². The summed E-state index contributed by atoms with van der Waals surface area (Å²) in [5.74, 6) is 1.10. The first-order valence-corrected chi connectivity index (χ1v) is 16.4. The fourth-order valence-corrected chi connectivity index (χ4v) is 7.22. The second-order valence-electron chi connectivity index (χ2n) is 12.8. The molecule has 0 aromatic heterocycles. The Morgan fingerprint density at radius 2 is 1.02 bits per heavy atom. The van der Waals surface area contributed by atoms with Gasteiger partial charge in [0.15, 0.2) is 0 Å². The first-order chi connectivity index (χ1) is 22.6. The molecule has 0 fully saturated rings. The van der Waals surface area contributed by atoms with Crippen LogP contribution in [0.5, 0.6) is 0 Å². The Kier molecular flexibility index (Phi) is 7.23. The molecule has 1 atom stereocenters. The molecule has 0 saturated heterocycles. The Bertz CT molecular complexity index is 2140. The highest BCUT2D eigenvalue weighted by atomic mass is 15.1. The van der Waals surface area contributed by atoms with Gasteiger partial charge >= 0.3 is 0 Å². The van der Waals surface area contributed by atoms with E-state index >= 15 is 0 Å². The Labute approximate surface area is 272 Å². The van der Waals surface area contributed by atoms with Crippen molar-refractivity contribution in [3.05, 3.63) is 175 Å².